The highest BCUT2D eigenvalue weighted by molar-refractivity contribution is 14.1. The molecule has 1 aromatic carbocycles. The summed E-state index contributed by atoms with van der Waals surface area (Å²) in [7, 11) is 0. The molecule has 0 heterocycles. The molecule has 0 bridgehead atoms. The molecule has 0 radical (unpaired) electrons. The highest BCUT2D eigenvalue weighted by Crippen LogP contribution is 2.24. The van der Waals surface area contributed by atoms with Crippen LogP contribution >= 0.6 is 22.6 Å². The van der Waals surface area contributed by atoms with Crippen molar-refractivity contribution in [3.05, 3.63) is 59.8 Å². The van der Waals surface area contributed by atoms with Crippen molar-refractivity contribution in [2.24, 2.45) is 5.73 Å². The van der Waals surface area contributed by atoms with Crippen LogP contribution in [0.25, 0.3) is 0 Å². The molecule has 0 amide bonds. The quantitative estimate of drug-likeness (QED) is 0.508. The van der Waals surface area contributed by atoms with E-state index in [4.69, 9.17) is 5.73 Å². The van der Waals surface area contributed by atoms with Crippen LogP contribution < -0.4 is 5.73 Å². The number of alkyl halides is 1. The summed E-state index contributed by atoms with van der Waals surface area (Å²) in [6.45, 7) is 2.10. The van der Waals surface area contributed by atoms with Crippen LogP contribution in [0.4, 0.5) is 0 Å². The minimum atomic E-state index is 0.408. The zero-order chi connectivity index (χ0) is 11.1. The van der Waals surface area contributed by atoms with E-state index in [1.807, 2.05) is 6.07 Å². The molecule has 1 unspecified atom stereocenters. The Kier molecular flexibility index (Phi) is 5.47. The second-order valence-electron chi connectivity index (χ2n) is 3.27. The highest BCUT2D eigenvalue weighted by Gasteiger charge is 2.01. The molecule has 0 saturated carbocycles. The van der Waals surface area contributed by atoms with E-state index in [2.05, 4.69) is 65.9 Å². The standard InChI is InChI=1S/C13H16IN/c1-2-11(10-15)8-9-13(14)12-6-4-3-5-7-12/h3-10,13H,2,15H2,1H3/b9-8-,11-10-. The fourth-order valence-electron chi connectivity index (χ4n) is 1.25. The maximum absolute atomic E-state index is 5.49. The molecule has 0 saturated heterocycles. The molecular weight excluding hydrogens is 297 g/mol. The van der Waals surface area contributed by atoms with Crippen LogP contribution in [0.5, 0.6) is 0 Å². The summed E-state index contributed by atoms with van der Waals surface area (Å²) < 4.78 is 0.408. The van der Waals surface area contributed by atoms with Gasteiger partial charge in [0.25, 0.3) is 0 Å². The van der Waals surface area contributed by atoms with Gasteiger partial charge in [-0.05, 0) is 23.8 Å². The van der Waals surface area contributed by atoms with Crippen molar-refractivity contribution in [2.45, 2.75) is 17.3 Å². The van der Waals surface area contributed by atoms with Crippen LogP contribution in [0.15, 0.2) is 54.3 Å². The molecule has 2 heteroatoms. The molecule has 0 aromatic heterocycles. The number of allylic oxidation sites excluding steroid dienone is 3. The predicted molar refractivity (Wildman–Crippen MR) is 74.9 cm³/mol. The van der Waals surface area contributed by atoms with Gasteiger partial charge < -0.3 is 5.73 Å². The summed E-state index contributed by atoms with van der Waals surface area (Å²) in [5.41, 5.74) is 7.99. The molecule has 0 aliphatic rings. The van der Waals surface area contributed by atoms with Crippen molar-refractivity contribution in [3.8, 4) is 0 Å². The van der Waals surface area contributed by atoms with E-state index in [0.29, 0.717) is 3.92 Å². The first-order chi connectivity index (χ1) is 7.27. The minimum Gasteiger partial charge on any atom is -0.404 e. The first kappa shape index (κ1) is 12.3. The van der Waals surface area contributed by atoms with Crippen molar-refractivity contribution < 1.29 is 0 Å². The second-order valence-corrected chi connectivity index (χ2v) is 4.61. The Morgan fingerprint density at radius 2 is 2.07 bits per heavy atom. The molecule has 80 valence electrons. The van der Waals surface area contributed by atoms with E-state index in [-0.39, 0.29) is 0 Å². The van der Waals surface area contributed by atoms with E-state index in [9.17, 15) is 0 Å². The van der Waals surface area contributed by atoms with Crippen LogP contribution in [-0.2, 0) is 0 Å². The lowest BCUT2D eigenvalue weighted by molar-refractivity contribution is 1.13. The SMILES string of the molecule is CCC(/C=C\C(I)c1ccccc1)=C/N. The first-order valence-corrected chi connectivity index (χ1v) is 6.30. The summed E-state index contributed by atoms with van der Waals surface area (Å²) in [5, 5.41) is 0. The Hall–Kier alpha value is -0.770. The maximum atomic E-state index is 5.49. The second kappa shape index (κ2) is 6.67. The predicted octanol–water partition coefficient (Wildman–Crippen LogP) is 3.97. The lowest BCUT2D eigenvalue weighted by Gasteiger charge is -2.04. The first-order valence-electron chi connectivity index (χ1n) is 5.06. The summed E-state index contributed by atoms with van der Waals surface area (Å²) in [5.74, 6) is 0. The zero-order valence-corrected chi connectivity index (χ0v) is 11.0. The maximum Gasteiger partial charge on any atom is 0.0542 e. The molecule has 1 nitrogen and oxygen atoms in total. The van der Waals surface area contributed by atoms with E-state index in [1.165, 1.54) is 11.1 Å². The Morgan fingerprint density at radius 3 is 2.60 bits per heavy atom. The number of halogens is 1. The molecule has 0 aliphatic heterocycles. The zero-order valence-electron chi connectivity index (χ0n) is 8.86. The summed E-state index contributed by atoms with van der Waals surface area (Å²) in [6, 6.07) is 10.4. The molecule has 0 spiro atoms. The lowest BCUT2D eigenvalue weighted by atomic mass is 10.1. The molecule has 1 rings (SSSR count). The Bertz CT molecular complexity index is 341. The van der Waals surface area contributed by atoms with E-state index in [0.717, 1.165) is 6.42 Å². The van der Waals surface area contributed by atoms with Gasteiger partial charge in [-0.15, -0.1) is 0 Å². The van der Waals surface area contributed by atoms with Gasteiger partial charge >= 0.3 is 0 Å². The number of benzene rings is 1. The van der Waals surface area contributed by atoms with E-state index < -0.39 is 0 Å². The van der Waals surface area contributed by atoms with Crippen molar-refractivity contribution in [1.82, 2.24) is 0 Å². The number of hydrogen-bond acceptors (Lipinski definition) is 1. The molecule has 0 fully saturated rings. The van der Waals surface area contributed by atoms with E-state index >= 15 is 0 Å². The van der Waals surface area contributed by atoms with Gasteiger partial charge in [-0.3, -0.25) is 0 Å². The third kappa shape index (κ3) is 4.08. The smallest absolute Gasteiger partial charge is 0.0542 e. The van der Waals surface area contributed by atoms with Gasteiger partial charge in [0, 0.05) is 0 Å². The van der Waals surface area contributed by atoms with Crippen LogP contribution in [0.1, 0.15) is 22.8 Å². The topological polar surface area (TPSA) is 26.0 Å². The van der Waals surface area contributed by atoms with Crippen LogP contribution in [0.2, 0.25) is 0 Å². The Morgan fingerprint density at radius 1 is 1.40 bits per heavy atom. The van der Waals surface area contributed by atoms with Gasteiger partial charge in [0.15, 0.2) is 0 Å². The lowest BCUT2D eigenvalue weighted by Crippen LogP contribution is -1.87. The van der Waals surface area contributed by atoms with E-state index in [1.54, 1.807) is 6.20 Å². The van der Waals surface area contributed by atoms with Gasteiger partial charge in [-0.1, -0.05) is 72.0 Å². The van der Waals surface area contributed by atoms with Gasteiger partial charge in [0.05, 0.1) is 3.92 Å². The van der Waals surface area contributed by atoms with Crippen molar-refractivity contribution in [1.29, 1.82) is 0 Å². The Labute approximate surface area is 105 Å². The third-order valence-corrected chi connectivity index (χ3v) is 3.35. The summed E-state index contributed by atoms with van der Waals surface area (Å²) in [6.07, 6.45) is 6.93. The highest BCUT2D eigenvalue weighted by atomic mass is 127. The van der Waals surface area contributed by atoms with Crippen LogP contribution in [0, 0.1) is 0 Å². The number of rotatable bonds is 4. The molecular formula is C13H16IN. The van der Waals surface area contributed by atoms with Crippen LogP contribution in [0.3, 0.4) is 0 Å². The van der Waals surface area contributed by atoms with Gasteiger partial charge in [-0.25, -0.2) is 0 Å². The van der Waals surface area contributed by atoms with Gasteiger partial charge in [0.2, 0.25) is 0 Å². The average molecular weight is 313 g/mol. The molecule has 0 aliphatic carbocycles. The fourth-order valence-corrected chi connectivity index (χ4v) is 1.87. The van der Waals surface area contributed by atoms with Crippen LogP contribution in [-0.4, -0.2) is 0 Å². The van der Waals surface area contributed by atoms with Crippen molar-refractivity contribution in [2.75, 3.05) is 0 Å². The normalized spacial score (nSPS) is 14.4. The molecule has 2 N–H and O–H groups in total. The minimum absolute atomic E-state index is 0.408. The Balaban J connectivity index is 2.67. The van der Waals surface area contributed by atoms with Gasteiger partial charge in [0.1, 0.15) is 0 Å². The largest absolute Gasteiger partial charge is 0.404 e. The molecule has 15 heavy (non-hydrogen) atoms. The number of nitrogens with two attached hydrogens (primary N) is 1. The number of hydrogen-bond donors (Lipinski definition) is 1. The van der Waals surface area contributed by atoms with Crippen molar-refractivity contribution >= 4 is 22.6 Å². The summed E-state index contributed by atoms with van der Waals surface area (Å²) >= 11 is 2.42. The molecule has 1 atom stereocenters. The van der Waals surface area contributed by atoms with Crippen molar-refractivity contribution in [3.63, 3.8) is 0 Å². The van der Waals surface area contributed by atoms with Gasteiger partial charge in [-0.2, -0.15) is 0 Å². The summed E-state index contributed by atoms with van der Waals surface area (Å²) in [4.78, 5) is 0. The third-order valence-electron chi connectivity index (χ3n) is 2.22. The average Bonchev–Trinajstić information content (AvgIpc) is 2.31. The monoisotopic (exact) mass is 313 g/mol. The molecule has 1 aromatic rings. The fraction of sp³-hybridized carbons (Fsp3) is 0.231.